The predicted molar refractivity (Wildman–Crippen MR) is 82.2 cm³/mol. The first kappa shape index (κ1) is 19.2. The summed E-state index contributed by atoms with van der Waals surface area (Å²) in [5.41, 5.74) is -0.204. The average molecular weight is 383 g/mol. The van der Waals surface area contributed by atoms with Gasteiger partial charge in [-0.1, -0.05) is 23.2 Å². The average Bonchev–Trinajstić information content (AvgIpc) is 2.56. The van der Waals surface area contributed by atoms with Gasteiger partial charge in [0.05, 0.1) is 23.8 Å². The number of esters is 1. The van der Waals surface area contributed by atoms with Crippen molar-refractivity contribution in [2.24, 2.45) is 0 Å². The van der Waals surface area contributed by atoms with Crippen LogP contribution in [0.15, 0.2) is 12.1 Å². The Labute approximate surface area is 147 Å². The van der Waals surface area contributed by atoms with Gasteiger partial charge in [-0.05, 0) is 12.1 Å². The summed E-state index contributed by atoms with van der Waals surface area (Å²) in [6.45, 7) is -0.635. The molecule has 1 saturated heterocycles. The van der Waals surface area contributed by atoms with E-state index in [2.05, 4.69) is 0 Å². The number of rotatable bonds is 4. The molecule has 1 aromatic carbocycles. The van der Waals surface area contributed by atoms with Crippen LogP contribution in [0.4, 0.5) is 0 Å². The number of hydrogen-bond donors (Lipinski definition) is 4. The number of aliphatic hydroxyl groups excluding tert-OH is 4. The zero-order valence-electron chi connectivity index (χ0n) is 12.4. The largest absolute Gasteiger partial charge is 0.494 e. The van der Waals surface area contributed by atoms with E-state index in [0.717, 1.165) is 0 Å². The first-order valence-corrected chi connectivity index (χ1v) is 7.60. The van der Waals surface area contributed by atoms with Crippen molar-refractivity contribution in [3.8, 4) is 5.75 Å². The first-order chi connectivity index (χ1) is 11.3. The van der Waals surface area contributed by atoms with Gasteiger partial charge in [0.2, 0.25) is 0 Å². The highest BCUT2D eigenvalue weighted by Crippen LogP contribution is 2.35. The Morgan fingerprint density at radius 1 is 1.21 bits per heavy atom. The van der Waals surface area contributed by atoms with Gasteiger partial charge in [0.25, 0.3) is 0 Å². The summed E-state index contributed by atoms with van der Waals surface area (Å²) < 4.78 is 14.9. The van der Waals surface area contributed by atoms with Crippen LogP contribution >= 0.6 is 23.2 Å². The van der Waals surface area contributed by atoms with Gasteiger partial charge in [0.15, 0.2) is 18.1 Å². The molecular formula is C14H16Cl2O8. The van der Waals surface area contributed by atoms with E-state index >= 15 is 0 Å². The Kier molecular flexibility index (Phi) is 6.27. The van der Waals surface area contributed by atoms with E-state index in [4.69, 9.17) is 42.5 Å². The smallest absolute Gasteiger partial charge is 0.344 e. The summed E-state index contributed by atoms with van der Waals surface area (Å²) in [4.78, 5) is 12.4. The van der Waals surface area contributed by atoms with E-state index < -0.39 is 43.3 Å². The number of ether oxygens (including phenoxy) is 3. The van der Waals surface area contributed by atoms with Crippen LogP contribution < -0.4 is 4.74 Å². The van der Waals surface area contributed by atoms with Crippen LogP contribution in [0.1, 0.15) is 10.4 Å². The van der Waals surface area contributed by atoms with E-state index in [9.17, 15) is 20.1 Å². The Morgan fingerprint density at radius 2 is 1.83 bits per heavy atom. The Hall–Kier alpha value is -1.13. The van der Waals surface area contributed by atoms with Gasteiger partial charge in [-0.15, -0.1) is 0 Å². The summed E-state index contributed by atoms with van der Waals surface area (Å²) in [6, 6.07) is 2.77. The quantitative estimate of drug-likeness (QED) is 0.534. The molecule has 4 N–H and O–H groups in total. The molecule has 0 aliphatic carbocycles. The molecule has 0 unspecified atom stereocenters. The lowest BCUT2D eigenvalue weighted by Crippen LogP contribution is -2.59. The zero-order valence-corrected chi connectivity index (χ0v) is 13.9. The number of methoxy groups -OCH3 is 1. The lowest BCUT2D eigenvalue weighted by atomic mass is 9.99. The molecule has 24 heavy (non-hydrogen) atoms. The highest BCUT2D eigenvalue weighted by molar-refractivity contribution is 6.37. The van der Waals surface area contributed by atoms with Crippen molar-refractivity contribution in [2.45, 2.75) is 30.7 Å². The zero-order chi connectivity index (χ0) is 18.0. The van der Waals surface area contributed by atoms with E-state index in [1.54, 1.807) is 0 Å². The van der Waals surface area contributed by atoms with Gasteiger partial charge in [-0.25, -0.2) is 4.79 Å². The molecule has 0 bridgehead atoms. The summed E-state index contributed by atoms with van der Waals surface area (Å²) in [7, 11) is 1.28. The highest BCUT2D eigenvalue weighted by Gasteiger charge is 2.46. The Morgan fingerprint density at radius 3 is 2.42 bits per heavy atom. The molecule has 134 valence electrons. The van der Waals surface area contributed by atoms with Crippen LogP contribution in [0.3, 0.4) is 0 Å². The van der Waals surface area contributed by atoms with Crippen LogP contribution in [0.25, 0.3) is 0 Å². The van der Waals surface area contributed by atoms with Crippen molar-refractivity contribution < 1.29 is 39.4 Å². The molecule has 1 heterocycles. The van der Waals surface area contributed by atoms with Gasteiger partial charge in [0.1, 0.15) is 23.9 Å². The number of aliphatic hydroxyl groups is 4. The minimum atomic E-state index is -1.76. The van der Waals surface area contributed by atoms with Crippen LogP contribution in [-0.4, -0.2) is 70.8 Å². The second-order valence-corrected chi connectivity index (χ2v) is 5.85. The minimum absolute atomic E-state index is 0.0178. The topological polar surface area (TPSA) is 126 Å². The molecule has 1 fully saturated rings. The molecule has 0 aromatic heterocycles. The standard InChI is InChI=1S/C14H16Cl2O8/c1-22-11-6(16)3-2-5(15)8(11)13(20)24-12-10(19)9(18)7(4-17)23-14(12)21/h2-3,7,9-10,12,14,17-19,21H,4H2,1H3/t7-,9-,10+,12-,14+/m1/s1. The summed E-state index contributed by atoms with van der Waals surface area (Å²) in [5.74, 6) is -1.08. The number of carbonyl (C=O) groups is 1. The number of carbonyl (C=O) groups excluding carboxylic acids is 1. The number of hydrogen-bond acceptors (Lipinski definition) is 8. The molecule has 0 amide bonds. The highest BCUT2D eigenvalue weighted by atomic mass is 35.5. The van der Waals surface area contributed by atoms with Crippen LogP contribution in [0.2, 0.25) is 10.0 Å². The Bertz CT molecular complexity index is 611. The molecule has 0 saturated carbocycles. The maximum absolute atomic E-state index is 12.4. The second kappa shape index (κ2) is 7.83. The molecular weight excluding hydrogens is 367 g/mol. The fourth-order valence-corrected chi connectivity index (χ4v) is 2.77. The lowest BCUT2D eigenvalue weighted by Gasteiger charge is -2.39. The number of benzene rings is 1. The van der Waals surface area contributed by atoms with Gasteiger partial charge in [-0.3, -0.25) is 0 Å². The van der Waals surface area contributed by atoms with Gasteiger partial charge < -0.3 is 34.6 Å². The monoisotopic (exact) mass is 382 g/mol. The molecule has 8 nitrogen and oxygen atoms in total. The number of halogens is 2. The van der Waals surface area contributed by atoms with E-state index in [0.29, 0.717) is 0 Å². The maximum atomic E-state index is 12.4. The maximum Gasteiger partial charge on any atom is 0.344 e. The summed E-state index contributed by atoms with van der Waals surface area (Å²) in [5, 5.41) is 38.7. The van der Waals surface area contributed by atoms with Crippen molar-refractivity contribution in [3.63, 3.8) is 0 Å². The molecule has 0 spiro atoms. The summed E-state index contributed by atoms with van der Waals surface area (Å²) >= 11 is 11.9. The van der Waals surface area contributed by atoms with Crippen LogP contribution in [0, 0.1) is 0 Å². The summed E-state index contributed by atoms with van der Waals surface area (Å²) in [6.07, 6.45) is -7.82. The van der Waals surface area contributed by atoms with Crippen LogP contribution in [0.5, 0.6) is 5.75 Å². The second-order valence-electron chi connectivity index (χ2n) is 5.04. The van der Waals surface area contributed by atoms with Crippen molar-refractivity contribution >= 4 is 29.2 Å². The molecule has 5 atom stereocenters. The van der Waals surface area contributed by atoms with E-state index in [1.807, 2.05) is 0 Å². The third-order valence-electron chi connectivity index (χ3n) is 3.55. The third-order valence-corrected chi connectivity index (χ3v) is 4.17. The first-order valence-electron chi connectivity index (χ1n) is 6.85. The Balaban J connectivity index is 2.25. The molecule has 1 aromatic rings. The normalized spacial score (nSPS) is 30.0. The van der Waals surface area contributed by atoms with Gasteiger partial charge in [0, 0.05) is 0 Å². The lowest BCUT2D eigenvalue weighted by molar-refractivity contribution is -0.285. The SMILES string of the molecule is COc1c(Cl)ccc(Cl)c1C(=O)O[C@@H]1[C@@H](O)[C@H](O)[C@@H](CO)O[C@@H]1O. The minimum Gasteiger partial charge on any atom is -0.494 e. The molecule has 0 radical (unpaired) electrons. The van der Waals surface area contributed by atoms with E-state index in [-0.39, 0.29) is 21.4 Å². The van der Waals surface area contributed by atoms with Gasteiger partial charge in [-0.2, -0.15) is 0 Å². The third kappa shape index (κ3) is 3.60. The van der Waals surface area contributed by atoms with Crippen LogP contribution in [-0.2, 0) is 9.47 Å². The predicted octanol–water partition coefficient (Wildman–Crippen LogP) is -0.0413. The fourth-order valence-electron chi connectivity index (χ4n) is 2.30. The van der Waals surface area contributed by atoms with Gasteiger partial charge >= 0.3 is 5.97 Å². The molecule has 10 heteroatoms. The van der Waals surface area contributed by atoms with E-state index in [1.165, 1.54) is 19.2 Å². The fraction of sp³-hybridized carbons (Fsp3) is 0.500. The van der Waals surface area contributed by atoms with Crippen molar-refractivity contribution in [1.82, 2.24) is 0 Å². The van der Waals surface area contributed by atoms with Crippen molar-refractivity contribution in [1.29, 1.82) is 0 Å². The molecule has 1 aliphatic heterocycles. The molecule has 2 rings (SSSR count). The molecule has 1 aliphatic rings. The van der Waals surface area contributed by atoms with Crippen molar-refractivity contribution in [2.75, 3.05) is 13.7 Å². The van der Waals surface area contributed by atoms with Crippen molar-refractivity contribution in [3.05, 3.63) is 27.7 Å².